The molecule has 0 saturated carbocycles. The number of nitrogens with one attached hydrogen (secondary N) is 1. The van der Waals surface area contributed by atoms with Crippen LogP contribution in [0.5, 0.6) is 0 Å². The molecule has 3 aromatic rings. The summed E-state index contributed by atoms with van der Waals surface area (Å²) >= 11 is 0. The third-order valence-corrected chi connectivity index (χ3v) is 4.21. The summed E-state index contributed by atoms with van der Waals surface area (Å²) in [5.74, 6) is -1.84. The molecule has 0 aliphatic carbocycles. The van der Waals surface area contributed by atoms with Crippen LogP contribution >= 0.6 is 0 Å². The van der Waals surface area contributed by atoms with Crippen LogP contribution in [-0.2, 0) is 9.53 Å². The Morgan fingerprint density at radius 1 is 1.17 bits per heavy atom. The van der Waals surface area contributed by atoms with Gasteiger partial charge in [-0.15, -0.1) is 0 Å². The Morgan fingerprint density at radius 3 is 2.66 bits per heavy atom. The molecule has 1 aromatic heterocycles. The number of aryl methyl sites for hydroxylation is 2. The Bertz CT molecular complexity index is 1150. The molecule has 0 bridgehead atoms. The number of carbonyl (C=O) groups excluding carboxylic acids is 2. The Morgan fingerprint density at radius 2 is 1.93 bits per heavy atom. The topological polar surface area (TPSA) is 111 Å². The maximum Gasteiger partial charge on any atom is 0.340 e. The van der Waals surface area contributed by atoms with E-state index in [-0.39, 0.29) is 16.9 Å². The molecular weight excluding hydrogens is 381 g/mol. The summed E-state index contributed by atoms with van der Waals surface area (Å²) in [5.41, 5.74) is 1.44. The third-order valence-electron chi connectivity index (χ3n) is 4.21. The minimum atomic E-state index is -0.758. The summed E-state index contributed by atoms with van der Waals surface area (Å²) in [6.07, 6.45) is 0. The van der Waals surface area contributed by atoms with Crippen molar-refractivity contribution < 1.29 is 23.6 Å². The maximum absolute atomic E-state index is 13.3. The number of rotatable bonds is 5. The molecule has 8 nitrogen and oxygen atoms in total. The van der Waals surface area contributed by atoms with E-state index in [9.17, 15) is 24.1 Å². The first-order valence-electron chi connectivity index (χ1n) is 8.53. The number of hydrogen-bond donors (Lipinski definition) is 1. The Hall–Kier alpha value is -3.88. The zero-order valence-electron chi connectivity index (χ0n) is 15.6. The van der Waals surface area contributed by atoms with Crippen LogP contribution in [0, 0.1) is 29.8 Å². The normalized spacial score (nSPS) is 10.6. The van der Waals surface area contributed by atoms with Gasteiger partial charge in [0.1, 0.15) is 5.82 Å². The average Bonchev–Trinajstić information content (AvgIpc) is 2.66. The Labute approximate surface area is 164 Å². The number of amides is 1. The van der Waals surface area contributed by atoms with Crippen molar-refractivity contribution in [3.63, 3.8) is 0 Å². The largest absolute Gasteiger partial charge is 0.452 e. The van der Waals surface area contributed by atoms with Crippen molar-refractivity contribution in [3.8, 4) is 0 Å². The van der Waals surface area contributed by atoms with Crippen molar-refractivity contribution in [2.45, 2.75) is 13.8 Å². The lowest BCUT2D eigenvalue weighted by Crippen LogP contribution is -2.21. The summed E-state index contributed by atoms with van der Waals surface area (Å²) in [6, 6.07) is 9.76. The van der Waals surface area contributed by atoms with E-state index in [1.165, 1.54) is 42.5 Å². The highest BCUT2D eigenvalue weighted by atomic mass is 19.1. The van der Waals surface area contributed by atoms with Crippen molar-refractivity contribution in [1.29, 1.82) is 0 Å². The number of anilines is 1. The lowest BCUT2D eigenvalue weighted by atomic mass is 10.1. The van der Waals surface area contributed by atoms with Crippen LogP contribution in [0.1, 0.15) is 21.6 Å². The van der Waals surface area contributed by atoms with E-state index in [2.05, 4.69) is 10.3 Å². The van der Waals surface area contributed by atoms with Gasteiger partial charge in [-0.25, -0.2) is 9.18 Å². The molecule has 0 radical (unpaired) electrons. The van der Waals surface area contributed by atoms with Crippen LogP contribution in [0.3, 0.4) is 0 Å². The standard InChI is InChI=1S/C20H16FN3O5/c1-11-3-6-15(9-18(11)24(27)28)23-19(25)10-29-20(26)16-7-13-4-5-14(21)8-17(13)22-12(16)2/h3-9H,10H2,1-2H3,(H,23,25). The predicted molar refractivity (Wildman–Crippen MR) is 103 cm³/mol. The monoisotopic (exact) mass is 397 g/mol. The fourth-order valence-corrected chi connectivity index (χ4v) is 2.73. The van der Waals surface area contributed by atoms with Crippen LogP contribution in [0.25, 0.3) is 10.9 Å². The Kier molecular flexibility index (Phi) is 5.49. The van der Waals surface area contributed by atoms with Gasteiger partial charge in [0.25, 0.3) is 11.6 Å². The molecule has 9 heteroatoms. The predicted octanol–water partition coefficient (Wildman–Crippen LogP) is 3.69. The van der Waals surface area contributed by atoms with Gasteiger partial charge in [-0.1, -0.05) is 6.07 Å². The lowest BCUT2D eigenvalue weighted by Gasteiger charge is -2.09. The van der Waals surface area contributed by atoms with Crippen LogP contribution < -0.4 is 5.32 Å². The molecule has 148 valence electrons. The summed E-state index contributed by atoms with van der Waals surface area (Å²) in [5, 5.41) is 14.0. The van der Waals surface area contributed by atoms with Crippen LogP contribution in [-0.4, -0.2) is 28.4 Å². The summed E-state index contributed by atoms with van der Waals surface area (Å²) in [7, 11) is 0. The fraction of sp³-hybridized carbons (Fsp3) is 0.150. The highest BCUT2D eigenvalue weighted by molar-refractivity contribution is 5.98. The van der Waals surface area contributed by atoms with Crippen molar-refractivity contribution in [2.75, 3.05) is 11.9 Å². The minimum Gasteiger partial charge on any atom is -0.452 e. The molecular formula is C20H16FN3O5. The van der Waals surface area contributed by atoms with Crippen LogP contribution in [0.4, 0.5) is 15.8 Å². The number of pyridine rings is 1. The van der Waals surface area contributed by atoms with Gasteiger partial charge >= 0.3 is 5.97 Å². The molecule has 2 aromatic carbocycles. The third kappa shape index (κ3) is 4.52. The van der Waals surface area contributed by atoms with E-state index in [0.717, 1.165) is 0 Å². The first-order chi connectivity index (χ1) is 13.7. The van der Waals surface area contributed by atoms with E-state index in [1.807, 2.05) is 0 Å². The molecule has 0 atom stereocenters. The van der Waals surface area contributed by atoms with Gasteiger partial charge in [0.2, 0.25) is 0 Å². The fourth-order valence-electron chi connectivity index (χ4n) is 2.73. The summed E-state index contributed by atoms with van der Waals surface area (Å²) in [6.45, 7) is 2.58. The molecule has 0 unspecified atom stereocenters. The SMILES string of the molecule is Cc1ccc(NC(=O)COC(=O)c2cc3ccc(F)cc3nc2C)cc1[N+](=O)[O-]. The molecule has 0 aliphatic rings. The molecule has 1 N–H and O–H groups in total. The van der Waals surface area contributed by atoms with Gasteiger partial charge in [-0.05, 0) is 38.1 Å². The second kappa shape index (κ2) is 8.01. The number of nitro benzene ring substituents is 1. The number of fused-ring (bicyclic) bond motifs is 1. The number of benzene rings is 2. The number of carbonyl (C=O) groups is 2. The molecule has 29 heavy (non-hydrogen) atoms. The number of halogens is 1. The van der Waals surface area contributed by atoms with E-state index >= 15 is 0 Å². The minimum absolute atomic E-state index is 0.130. The molecule has 3 rings (SSSR count). The van der Waals surface area contributed by atoms with Gasteiger partial charge in [0, 0.05) is 28.8 Å². The molecule has 0 saturated heterocycles. The second-order valence-corrected chi connectivity index (χ2v) is 6.34. The van der Waals surface area contributed by atoms with Crippen molar-refractivity contribution >= 4 is 34.2 Å². The number of ether oxygens (including phenoxy) is 1. The Balaban J connectivity index is 1.67. The molecule has 1 amide bonds. The molecule has 0 spiro atoms. The first kappa shape index (κ1) is 19.9. The molecule has 1 heterocycles. The van der Waals surface area contributed by atoms with Gasteiger partial charge in [0.15, 0.2) is 6.61 Å². The van der Waals surface area contributed by atoms with Gasteiger partial charge < -0.3 is 10.1 Å². The van der Waals surface area contributed by atoms with Crippen molar-refractivity contribution in [3.05, 3.63) is 75.2 Å². The van der Waals surface area contributed by atoms with Gasteiger partial charge in [0.05, 0.1) is 21.7 Å². The van der Waals surface area contributed by atoms with Crippen molar-refractivity contribution in [2.24, 2.45) is 0 Å². The number of esters is 1. The number of hydrogen-bond acceptors (Lipinski definition) is 6. The molecule has 0 aliphatic heterocycles. The van der Waals surface area contributed by atoms with E-state index in [0.29, 0.717) is 22.2 Å². The average molecular weight is 397 g/mol. The molecule has 0 fully saturated rings. The van der Waals surface area contributed by atoms with Crippen LogP contribution in [0.2, 0.25) is 0 Å². The number of nitrogens with zero attached hydrogens (tertiary/aromatic N) is 2. The maximum atomic E-state index is 13.3. The second-order valence-electron chi connectivity index (χ2n) is 6.34. The highest BCUT2D eigenvalue weighted by Crippen LogP contribution is 2.22. The van der Waals surface area contributed by atoms with Crippen molar-refractivity contribution in [1.82, 2.24) is 4.98 Å². The smallest absolute Gasteiger partial charge is 0.340 e. The zero-order valence-corrected chi connectivity index (χ0v) is 15.6. The first-order valence-corrected chi connectivity index (χ1v) is 8.53. The summed E-state index contributed by atoms with van der Waals surface area (Å²) < 4.78 is 18.3. The van der Waals surface area contributed by atoms with E-state index < -0.39 is 29.2 Å². The number of nitro groups is 1. The summed E-state index contributed by atoms with van der Waals surface area (Å²) in [4.78, 5) is 39.0. The van der Waals surface area contributed by atoms with Gasteiger partial charge in [-0.2, -0.15) is 0 Å². The van der Waals surface area contributed by atoms with Gasteiger partial charge in [-0.3, -0.25) is 19.9 Å². The number of aromatic nitrogens is 1. The lowest BCUT2D eigenvalue weighted by molar-refractivity contribution is -0.385. The quantitative estimate of drug-likeness (QED) is 0.399. The van der Waals surface area contributed by atoms with Crippen LogP contribution in [0.15, 0.2) is 42.5 Å². The highest BCUT2D eigenvalue weighted by Gasteiger charge is 2.16. The zero-order chi connectivity index (χ0) is 21.1. The van der Waals surface area contributed by atoms with E-state index in [1.54, 1.807) is 13.8 Å². The van der Waals surface area contributed by atoms with E-state index in [4.69, 9.17) is 4.74 Å².